The highest BCUT2D eigenvalue weighted by atomic mass is 16.6. The molecule has 0 bridgehead atoms. The summed E-state index contributed by atoms with van der Waals surface area (Å²) in [5.41, 5.74) is 0.863. The Balaban J connectivity index is 2.94. The Hall–Kier alpha value is -1.77. The molecule has 0 spiro atoms. The Kier molecular flexibility index (Phi) is 2.00. The minimum atomic E-state index is -0.108. The number of aryl methyl sites for hydroxylation is 1. The molecule has 0 saturated heterocycles. The predicted molar refractivity (Wildman–Crippen MR) is 55.4 cm³/mol. The third kappa shape index (κ3) is 1.18. The molecule has 0 aliphatic carbocycles. The maximum atomic E-state index is 11.8. The summed E-state index contributed by atoms with van der Waals surface area (Å²) in [6, 6.07) is 7.65. The van der Waals surface area contributed by atoms with Gasteiger partial charge < -0.3 is 4.84 Å². The van der Waals surface area contributed by atoms with Crippen molar-refractivity contribution in [1.29, 1.82) is 0 Å². The Morgan fingerprint density at radius 3 is 2.79 bits per heavy atom. The summed E-state index contributed by atoms with van der Waals surface area (Å²) in [7, 11) is 1.48. The van der Waals surface area contributed by atoms with Crippen LogP contribution in [0.4, 0.5) is 0 Å². The lowest BCUT2D eigenvalue weighted by Crippen LogP contribution is -2.24. The standard InChI is InChI=1S/C11H11NO2/c1-8-4-3-5-9-6-7-12(14-2)11(13)10(8)9/h3-7H,1-2H3. The molecule has 0 N–H and O–H groups in total. The van der Waals surface area contributed by atoms with Gasteiger partial charge in [0.15, 0.2) is 0 Å². The lowest BCUT2D eigenvalue weighted by Gasteiger charge is -2.05. The van der Waals surface area contributed by atoms with E-state index < -0.39 is 0 Å². The zero-order valence-electron chi connectivity index (χ0n) is 8.15. The average molecular weight is 189 g/mol. The highest BCUT2D eigenvalue weighted by Crippen LogP contribution is 2.12. The van der Waals surface area contributed by atoms with Crippen molar-refractivity contribution in [3.8, 4) is 0 Å². The van der Waals surface area contributed by atoms with Crippen molar-refractivity contribution in [1.82, 2.24) is 4.73 Å². The van der Waals surface area contributed by atoms with Crippen LogP contribution in [0.3, 0.4) is 0 Å². The molecule has 1 heterocycles. The van der Waals surface area contributed by atoms with Gasteiger partial charge in [-0.05, 0) is 23.9 Å². The normalized spacial score (nSPS) is 10.4. The number of fused-ring (bicyclic) bond motifs is 1. The first-order valence-corrected chi connectivity index (χ1v) is 4.39. The van der Waals surface area contributed by atoms with Gasteiger partial charge in [0, 0.05) is 6.20 Å². The summed E-state index contributed by atoms with van der Waals surface area (Å²) >= 11 is 0. The third-order valence-corrected chi connectivity index (χ3v) is 2.31. The Bertz CT molecular complexity index is 528. The summed E-state index contributed by atoms with van der Waals surface area (Å²) in [6.45, 7) is 1.92. The predicted octanol–water partition coefficient (Wildman–Crippen LogP) is 1.37. The largest absolute Gasteiger partial charge is 0.414 e. The molecule has 2 rings (SSSR count). The molecule has 14 heavy (non-hydrogen) atoms. The molecule has 0 aliphatic rings. The SMILES string of the molecule is COn1ccc2cccc(C)c2c1=O. The Labute approximate surface area is 81.5 Å². The van der Waals surface area contributed by atoms with Gasteiger partial charge in [0.05, 0.1) is 5.39 Å². The lowest BCUT2D eigenvalue weighted by atomic mass is 10.1. The highest BCUT2D eigenvalue weighted by molar-refractivity contribution is 5.84. The van der Waals surface area contributed by atoms with Crippen molar-refractivity contribution in [3.63, 3.8) is 0 Å². The monoisotopic (exact) mass is 189 g/mol. The topological polar surface area (TPSA) is 31.2 Å². The van der Waals surface area contributed by atoms with Gasteiger partial charge in [-0.15, -0.1) is 0 Å². The molecule has 1 aromatic heterocycles. The van der Waals surface area contributed by atoms with Gasteiger partial charge in [0.1, 0.15) is 7.11 Å². The van der Waals surface area contributed by atoms with E-state index in [-0.39, 0.29) is 5.56 Å². The second kappa shape index (κ2) is 3.18. The molecular formula is C11H11NO2. The van der Waals surface area contributed by atoms with Crippen LogP contribution in [0.2, 0.25) is 0 Å². The first-order chi connectivity index (χ1) is 6.74. The quantitative estimate of drug-likeness (QED) is 0.678. The van der Waals surface area contributed by atoms with Crippen molar-refractivity contribution in [3.05, 3.63) is 46.4 Å². The van der Waals surface area contributed by atoms with Crippen LogP contribution in [0, 0.1) is 6.92 Å². The molecule has 1 aromatic carbocycles. The van der Waals surface area contributed by atoms with Crippen molar-refractivity contribution in [2.24, 2.45) is 0 Å². The van der Waals surface area contributed by atoms with Gasteiger partial charge in [0.2, 0.25) is 0 Å². The summed E-state index contributed by atoms with van der Waals surface area (Å²) in [5, 5.41) is 1.67. The van der Waals surface area contributed by atoms with Gasteiger partial charge in [-0.25, -0.2) is 0 Å². The van der Waals surface area contributed by atoms with E-state index in [9.17, 15) is 4.79 Å². The van der Waals surface area contributed by atoms with Crippen LogP contribution in [0.15, 0.2) is 35.3 Å². The minimum absolute atomic E-state index is 0.108. The van der Waals surface area contributed by atoms with Crippen LogP contribution in [-0.2, 0) is 0 Å². The van der Waals surface area contributed by atoms with Crippen molar-refractivity contribution >= 4 is 10.8 Å². The molecular weight excluding hydrogens is 178 g/mol. The van der Waals surface area contributed by atoms with Gasteiger partial charge in [-0.2, -0.15) is 4.73 Å². The van der Waals surface area contributed by atoms with Gasteiger partial charge >= 0.3 is 0 Å². The van der Waals surface area contributed by atoms with Crippen molar-refractivity contribution < 1.29 is 4.84 Å². The number of aromatic nitrogens is 1. The molecule has 2 aromatic rings. The number of pyridine rings is 1. The fourth-order valence-corrected chi connectivity index (χ4v) is 1.59. The van der Waals surface area contributed by atoms with E-state index in [0.29, 0.717) is 0 Å². The molecule has 0 unspecified atom stereocenters. The molecule has 0 fully saturated rings. The number of nitrogens with zero attached hydrogens (tertiary/aromatic N) is 1. The number of hydrogen-bond acceptors (Lipinski definition) is 2. The van der Waals surface area contributed by atoms with Crippen LogP contribution in [-0.4, -0.2) is 11.8 Å². The number of benzene rings is 1. The van der Waals surface area contributed by atoms with E-state index in [1.165, 1.54) is 11.8 Å². The fraction of sp³-hybridized carbons (Fsp3) is 0.182. The van der Waals surface area contributed by atoms with Gasteiger partial charge in [0.25, 0.3) is 5.56 Å². The average Bonchev–Trinajstić information content (AvgIpc) is 2.18. The molecule has 0 saturated carbocycles. The second-order valence-electron chi connectivity index (χ2n) is 3.17. The van der Waals surface area contributed by atoms with Gasteiger partial charge in [-0.1, -0.05) is 18.2 Å². The first-order valence-electron chi connectivity index (χ1n) is 4.39. The van der Waals surface area contributed by atoms with Crippen LogP contribution >= 0.6 is 0 Å². The number of hydrogen-bond donors (Lipinski definition) is 0. The third-order valence-electron chi connectivity index (χ3n) is 2.31. The zero-order chi connectivity index (χ0) is 10.1. The van der Waals surface area contributed by atoms with E-state index in [1.807, 2.05) is 31.2 Å². The lowest BCUT2D eigenvalue weighted by molar-refractivity contribution is 0.158. The molecule has 0 atom stereocenters. The summed E-state index contributed by atoms with van der Waals surface area (Å²) in [4.78, 5) is 16.7. The first kappa shape index (κ1) is 8.81. The molecule has 0 aliphatic heterocycles. The zero-order valence-corrected chi connectivity index (χ0v) is 8.15. The van der Waals surface area contributed by atoms with Crippen LogP contribution in [0.1, 0.15) is 5.56 Å². The van der Waals surface area contributed by atoms with Gasteiger partial charge in [-0.3, -0.25) is 4.79 Å². The van der Waals surface area contributed by atoms with Crippen molar-refractivity contribution in [2.75, 3.05) is 7.11 Å². The highest BCUT2D eigenvalue weighted by Gasteiger charge is 2.04. The summed E-state index contributed by atoms with van der Waals surface area (Å²) < 4.78 is 1.23. The molecule has 3 nitrogen and oxygen atoms in total. The van der Waals surface area contributed by atoms with E-state index in [1.54, 1.807) is 6.20 Å². The second-order valence-corrected chi connectivity index (χ2v) is 3.17. The smallest absolute Gasteiger partial charge is 0.291 e. The summed E-state index contributed by atoms with van der Waals surface area (Å²) in [6.07, 6.45) is 1.63. The summed E-state index contributed by atoms with van der Waals surface area (Å²) in [5.74, 6) is 0. The number of rotatable bonds is 1. The van der Waals surface area contributed by atoms with E-state index in [4.69, 9.17) is 4.84 Å². The van der Waals surface area contributed by atoms with Crippen LogP contribution < -0.4 is 10.4 Å². The maximum Gasteiger partial charge on any atom is 0.291 e. The molecule has 0 radical (unpaired) electrons. The van der Waals surface area contributed by atoms with E-state index in [2.05, 4.69) is 0 Å². The minimum Gasteiger partial charge on any atom is -0.414 e. The molecule has 0 amide bonds. The van der Waals surface area contributed by atoms with E-state index in [0.717, 1.165) is 16.3 Å². The molecule has 72 valence electrons. The maximum absolute atomic E-state index is 11.8. The Morgan fingerprint density at radius 1 is 1.29 bits per heavy atom. The van der Waals surface area contributed by atoms with Crippen molar-refractivity contribution in [2.45, 2.75) is 6.92 Å². The van der Waals surface area contributed by atoms with Crippen LogP contribution in [0.5, 0.6) is 0 Å². The molecule has 3 heteroatoms. The van der Waals surface area contributed by atoms with Crippen LogP contribution in [0.25, 0.3) is 10.8 Å². The van der Waals surface area contributed by atoms with E-state index >= 15 is 0 Å². The Morgan fingerprint density at radius 2 is 2.07 bits per heavy atom. The fourth-order valence-electron chi connectivity index (χ4n) is 1.59.